The molecule has 1 aromatic carbocycles. The van der Waals surface area contributed by atoms with Crippen molar-refractivity contribution in [3.8, 4) is 0 Å². The van der Waals surface area contributed by atoms with Crippen molar-refractivity contribution >= 4 is 11.6 Å². The highest BCUT2D eigenvalue weighted by Crippen LogP contribution is 2.16. The molecule has 5 heteroatoms. The molecule has 0 unspecified atom stereocenters. The molecule has 1 amide bonds. The zero-order chi connectivity index (χ0) is 15.9. The third-order valence-electron chi connectivity index (χ3n) is 3.90. The molecule has 3 rings (SSSR count). The number of rotatable bonds is 5. The Morgan fingerprint density at radius 2 is 1.96 bits per heavy atom. The Morgan fingerprint density at radius 3 is 2.74 bits per heavy atom. The standard InChI is InChI=1S/C18H21N3O2/c22-18(20-7-6-15-4-2-1-3-5-15)16-12-17(14-19-13-16)21-8-10-23-11-9-21/h1-5,12-14H,6-11H2,(H,20,22). The zero-order valence-corrected chi connectivity index (χ0v) is 13.1. The molecule has 23 heavy (non-hydrogen) atoms. The van der Waals surface area contributed by atoms with E-state index in [-0.39, 0.29) is 5.91 Å². The van der Waals surface area contributed by atoms with Gasteiger partial charge < -0.3 is 15.0 Å². The summed E-state index contributed by atoms with van der Waals surface area (Å²) in [5.74, 6) is -0.0801. The van der Waals surface area contributed by atoms with Gasteiger partial charge in [-0.25, -0.2) is 0 Å². The molecule has 0 saturated carbocycles. The average Bonchev–Trinajstić information content (AvgIpc) is 2.63. The van der Waals surface area contributed by atoms with Crippen molar-refractivity contribution in [3.63, 3.8) is 0 Å². The third kappa shape index (κ3) is 4.29. The second-order valence-corrected chi connectivity index (χ2v) is 5.52. The summed E-state index contributed by atoms with van der Waals surface area (Å²) in [6, 6.07) is 12.0. The second-order valence-electron chi connectivity index (χ2n) is 5.52. The van der Waals surface area contributed by atoms with Crippen molar-refractivity contribution in [1.29, 1.82) is 0 Å². The molecule has 1 saturated heterocycles. The molecule has 120 valence electrons. The van der Waals surface area contributed by atoms with E-state index >= 15 is 0 Å². The van der Waals surface area contributed by atoms with Gasteiger partial charge in [0.15, 0.2) is 0 Å². The van der Waals surface area contributed by atoms with Gasteiger partial charge in [-0.2, -0.15) is 0 Å². The number of carbonyl (C=O) groups excluding carboxylic acids is 1. The predicted octanol–water partition coefficient (Wildman–Crippen LogP) is 1.89. The molecule has 1 N–H and O–H groups in total. The van der Waals surface area contributed by atoms with Crippen molar-refractivity contribution in [2.24, 2.45) is 0 Å². The van der Waals surface area contributed by atoms with E-state index in [0.29, 0.717) is 25.3 Å². The molecule has 0 bridgehead atoms. The predicted molar refractivity (Wildman–Crippen MR) is 89.7 cm³/mol. The van der Waals surface area contributed by atoms with Crippen LogP contribution in [0.15, 0.2) is 48.8 Å². The lowest BCUT2D eigenvalue weighted by Gasteiger charge is -2.28. The number of anilines is 1. The maximum atomic E-state index is 12.3. The van der Waals surface area contributed by atoms with Crippen LogP contribution in [-0.4, -0.2) is 43.7 Å². The number of nitrogens with zero attached hydrogens (tertiary/aromatic N) is 2. The van der Waals surface area contributed by atoms with Crippen LogP contribution in [0.5, 0.6) is 0 Å². The van der Waals surface area contributed by atoms with Crippen LogP contribution in [0.4, 0.5) is 5.69 Å². The Labute approximate surface area is 136 Å². The van der Waals surface area contributed by atoms with Crippen LogP contribution in [-0.2, 0) is 11.2 Å². The Balaban J connectivity index is 1.56. The number of hydrogen-bond donors (Lipinski definition) is 1. The van der Waals surface area contributed by atoms with Gasteiger partial charge in [-0.1, -0.05) is 30.3 Å². The zero-order valence-electron chi connectivity index (χ0n) is 13.1. The first kappa shape index (κ1) is 15.5. The molecule has 0 spiro atoms. The van der Waals surface area contributed by atoms with Gasteiger partial charge >= 0.3 is 0 Å². The number of ether oxygens (including phenoxy) is 1. The quantitative estimate of drug-likeness (QED) is 0.916. The fraction of sp³-hybridized carbons (Fsp3) is 0.333. The highest BCUT2D eigenvalue weighted by atomic mass is 16.5. The maximum absolute atomic E-state index is 12.3. The van der Waals surface area contributed by atoms with E-state index in [1.54, 1.807) is 12.4 Å². The first-order chi connectivity index (χ1) is 11.3. The monoisotopic (exact) mass is 311 g/mol. The number of carbonyl (C=O) groups is 1. The topological polar surface area (TPSA) is 54.5 Å². The molecule has 1 aromatic heterocycles. The fourth-order valence-corrected chi connectivity index (χ4v) is 2.61. The van der Waals surface area contributed by atoms with Crippen LogP contribution in [0.2, 0.25) is 0 Å². The smallest absolute Gasteiger partial charge is 0.252 e. The Kier molecular flexibility index (Phi) is 5.21. The Morgan fingerprint density at radius 1 is 1.17 bits per heavy atom. The summed E-state index contributed by atoms with van der Waals surface area (Å²) < 4.78 is 5.35. The molecule has 1 aliphatic rings. The van der Waals surface area contributed by atoms with Gasteiger partial charge in [0, 0.05) is 25.8 Å². The third-order valence-corrected chi connectivity index (χ3v) is 3.90. The number of pyridine rings is 1. The van der Waals surface area contributed by atoms with Crippen molar-refractivity contribution in [3.05, 3.63) is 59.9 Å². The number of benzene rings is 1. The lowest BCUT2D eigenvalue weighted by Crippen LogP contribution is -2.36. The first-order valence-corrected chi connectivity index (χ1v) is 7.93. The lowest BCUT2D eigenvalue weighted by atomic mass is 10.1. The number of morpholine rings is 1. The van der Waals surface area contributed by atoms with E-state index in [1.807, 2.05) is 24.3 Å². The molecule has 2 heterocycles. The minimum atomic E-state index is -0.0801. The van der Waals surface area contributed by atoms with Gasteiger partial charge in [-0.3, -0.25) is 9.78 Å². The Hall–Kier alpha value is -2.40. The number of amides is 1. The van der Waals surface area contributed by atoms with Gasteiger partial charge in [-0.05, 0) is 18.1 Å². The summed E-state index contributed by atoms with van der Waals surface area (Å²) in [5.41, 5.74) is 2.79. The molecular weight excluding hydrogens is 290 g/mol. The van der Waals surface area contributed by atoms with E-state index in [9.17, 15) is 4.79 Å². The average molecular weight is 311 g/mol. The molecule has 0 radical (unpaired) electrons. The molecule has 0 atom stereocenters. The molecule has 1 aliphatic heterocycles. The largest absolute Gasteiger partial charge is 0.378 e. The van der Waals surface area contributed by atoms with E-state index in [0.717, 1.165) is 25.2 Å². The van der Waals surface area contributed by atoms with Crippen molar-refractivity contribution in [1.82, 2.24) is 10.3 Å². The van der Waals surface area contributed by atoms with E-state index < -0.39 is 0 Å². The normalized spacial score (nSPS) is 14.5. The first-order valence-electron chi connectivity index (χ1n) is 7.93. The van der Waals surface area contributed by atoms with Crippen molar-refractivity contribution in [2.75, 3.05) is 37.7 Å². The van der Waals surface area contributed by atoms with Crippen LogP contribution in [0.3, 0.4) is 0 Å². The van der Waals surface area contributed by atoms with Crippen LogP contribution in [0.25, 0.3) is 0 Å². The summed E-state index contributed by atoms with van der Waals surface area (Å²) in [4.78, 5) is 18.7. The minimum Gasteiger partial charge on any atom is -0.378 e. The lowest BCUT2D eigenvalue weighted by molar-refractivity contribution is 0.0954. The van der Waals surface area contributed by atoms with E-state index in [1.165, 1.54) is 5.56 Å². The molecule has 5 nitrogen and oxygen atoms in total. The Bertz CT molecular complexity index is 640. The van der Waals surface area contributed by atoms with Gasteiger partial charge in [0.1, 0.15) is 0 Å². The number of hydrogen-bond acceptors (Lipinski definition) is 4. The van der Waals surface area contributed by atoms with Crippen LogP contribution < -0.4 is 10.2 Å². The van der Waals surface area contributed by atoms with Crippen molar-refractivity contribution in [2.45, 2.75) is 6.42 Å². The summed E-state index contributed by atoms with van der Waals surface area (Å²) >= 11 is 0. The molecule has 2 aromatic rings. The van der Waals surface area contributed by atoms with E-state index in [4.69, 9.17) is 4.74 Å². The molecule has 0 aliphatic carbocycles. The van der Waals surface area contributed by atoms with Crippen LogP contribution in [0, 0.1) is 0 Å². The summed E-state index contributed by atoms with van der Waals surface area (Å²) in [5, 5.41) is 2.96. The highest BCUT2D eigenvalue weighted by molar-refractivity contribution is 5.94. The highest BCUT2D eigenvalue weighted by Gasteiger charge is 2.13. The van der Waals surface area contributed by atoms with Crippen LogP contribution in [0.1, 0.15) is 15.9 Å². The van der Waals surface area contributed by atoms with E-state index in [2.05, 4.69) is 27.3 Å². The summed E-state index contributed by atoms with van der Waals surface area (Å²) in [6.07, 6.45) is 4.23. The summed E-state index contributed by atoms with van der Waals surface area (Å²) in [7, 11) is 0. The fourth-order valence-electron chi connectivity index (χ4n) is 2.61. The second kappa shape index (κ2) is 7.74. The minimum absolute atomic E-state index is 0.0801. The summed E-state index contributed by atoms with van der Waals surface area (Å²) in [6.45, 7) is 3.72. The molecule has 1 fully saturated rings. The number of nitrogens with one attached hydrogen (secondary N) is 1. The van der Waals surface area contributed by atoms with Gasteiger partial charge in [0.25, 0.3) is 5.91 Å². The van der Waals surface area contributed by atoms with Gasteiger partial charge in [-0.15, -0.1) is 0 Å². The van der Waals surface area contributed by atoms with Gasteiger partial charge in [0.05, 0.1) is 30.7 Å². The number of aromatic nitrogens is 1. The maximum Gasteiger partial charge on any atom is 0.252 e. The van der Waals surface area contributed by atoms with Crippen molar-refractivity contribution < 1.29 is 9.53 Å². The SMILES string of the molecule is O=C(NCCc1ccccc1)c1cncc(N2CCOCC2)c1. The van der Waals surface area contributed by atoms with Crippen LogP contribution >= 0.6 is 0 Å². The molecular formula is C18H21N3O2. The van der Waals surface area contributed by atoms with Gasteiger partial charge in [0.2, 0.25) is 0 Å².